The fourth-order valence-electron chi connectivity index (χ4n) is 3.02. The number of nitrogens with one attached hydrogen (secondary N) is 2. The minimum atomic E-state index is -0.410. The molecule has 0 aromatic heterocycles. The van der Waals surface area contributed by atoms with Crippen molar-refractivity contribution < 1.29 is 19.1 Å². The van der Waals surface area contributed by atoms with Gasteiger partial charge in [-0.1, -0.05) is 19.1 Å². The molecule has 0 aliphatic rings. The zero-order valence-corrected chi connectivity index (χ0v) is 18.1. The van der Waals surface area contributed by atoms with Crippen molar-refractivity contribution in [1.29, 1.82) is 0 Å². The molecule has 0 heterocycles. The van der Waals surface area contributed by atoms with Crippen LogP contribution in [0.4, 0.5) is 5.69 Å². The van der Waals surface area contributed by atoms with E-state index in [1.165, 1.54) is 0 Å². The van der Waals surface area contributed by atoms with E-state index in [1.807, 2.05) is 43.0 Å². The van der Waals surface area contributed by atoms with Crippen LogP contribution in [0.5, 0.6) is 11.5 Å². The molecule has 0 aliphatic heterocycles. The Labute approximate surface area is 178 Å². The number of benzene rings is 2. The first kappa shape index (κ1) is 23.2. The van der Waals surface area contributed by atoms with Gasteiger partial charge in [-0.3, -0.25) is 14.5 Å². The summed E-state index contributed by atoms with van der Waals surface area (Å²) in [5.41, 5.74) is 1.81. The van der Waals surface area contributed by atoms with Crippen molar-refractivity contribution in [3.63, 3.8) is 0 Å². The Morgan fingerprint density at radius 3 is 2.07 bits per heavy atom. The van der Waals surface area contributed by atoms with E-state index in [9.17, 15) is 9.59 Å². The zero-order valence-electron chi connectivity index (χ0n) is 18.1. The molecule has 2 amide bonds. The van der Waals surface area contributed by atoms with Crippen LogP contribution in [0.25, 0.3) is 0 Å². The first-order chi connectivity index (χ1) is 14.5. The number of ether oxygens (including phenoxy) is 2. The van der Waals surface area contributed by atoms with Crippen molar-refractivity contribution in [3.05, 3.63) is 54.1 Å². The molecule has 2 N–H and O–H groups in total. The van der Waals surface area contributed by atoms with Crippen LogP contribution >= 0.6 is 0 Å². The summed E-state index contributed by atoms with van der Waals surface area (Å²) in [4.78, 5) is 26.7. The summed E-state index contributed by atoms with van der Waals surface area (Å²) in [7, 11) is 3.23. The van der Waals surface area contributed by atoms with Crippen LogP contribution in [0.3, 0.4) is 0 Å². The van der Waals surface area contributed by atoms with Gasteiger partial charge in [0.2, 0.25) is 11.8 Å². The van der Waals surface area contributed by atoms with Gasteiger partial charge in [0.25, 0.3) is 0 Å². The Hall–Kier alpha value is -3.06. The Morgan fingerprint density at radius 1 is 0.967 bits per heavy atom. The number of likely N-dealkylation sites (N-methyl/N-ethyl adjacent to an activating group) is 1. The summed E-state index contributed by atoms with van der Waals surface area (Å²) in [6.07, 6.45) is 0.729. The fraction of sp³-hybridized carbons (Fsp3) is 0.391. The van der Waals surface area contributed by atoms with Crippen LogP contribution in [-0.4, -0.2) is 56.6 Å². The number of nitrogens with zero attached hydrogens (tertiary/aromatic N) is 1. The second kappa shape index (κ2) is 11.8. The van der Waals surface area contributed by atoms with E-state index in [1.54, 1.807) is 38.5 Å². The predicted octanol–water partition coefficient (Wildman–Crippen LogP) is 2.71. The van der Waals surface area contributed by atoms with Gasteiger partial charge in [0.15, 0.2) is 0 Å². The molecule has 2 rings (SSSR count). The number of carbonyl (C=O) groups is 2. The van der Waals surface area contributed by atoms with Crippen molar-refractivity contribution in [2.45, 2.75) is 26.3 Å². The average molecular weight is 414 g/mol. The molecule has 0 radical (unpaired) electrons. The maximum Gasteiger partial charge on any atom is 0.238 e. The van der Waals surface area contributed by atoms with Crippen LogP contribution in [-0.2, 0) is 16.0 Å². The molecule has 7 nitrogen and oxygen atoms in total. The lowest BCUT2D eigenvalue weighted by atomic mass is 10.1. The lowest BCUT2D eigenvalue weighted by Gasteiger charge is -2.26. The second-order valence-electron chi connectivity index (χ2n) is 6.90. The van der Waals surface area contributed by atoms with Crippen LogP contribution in [0.2, 0.25) is 0 Å². The lowest BCUT2D eigenvalue weighted by Crippen LogP contribution is -2.48. The number of rotatable bonds is 11. The highest BCUT2D eigenvalue weighted by Gasteiger charge is 2.22. The van der Waals surface area contributed by atoms with E-state index < -0.39 is 6.04 Å². The van der Waals surface area contributed by atoms with E-state index in [2.05, 4.69) is 10.6 Å². The molecule has 0 spiro atoms. The third-order valence-corrected chi connectivity index (χ3v) is 4.93. The van der Waals surface area contributed by atoms with Gasteiger partial charge in [0.05, 0.1) is 26.8 Å². The molecule has 0 saturated carbocycles. The second-order valence-corrected chi connectivity index (χ2v) is 6.90. The van der Waals surface area contributed by atoms with Gasteiger partial charge in [-0.05, 0) is 61.9 Å². The van der Waals surface area contributed by atoms with E-state index in [0.717, 1.165) is 23.5 Å². The van der Waals surface area contributed by atoms with Crippen molar-refractivity contribution in [3.8, 4) is 11.5 Å². The highest BCUT2D eigenvalue weighted by Crippen LogP contribution is 2.15. The quantitative estimate of drug-likeness (QED) is 0.592. The maximum atomic E-state index is 12.5. The number of amides is 2. The highest BCUT2D eigenvalue weighted by molar-refractivity contribution is 5.93. The molecule has 1 unspecified atom stereocenters. The first-order valence-electron chi connectivity index (χ1n) is 10.1. The molecule has 2 aromatic rings. The third kappa shape index (κ3) is 7.08. The van der Waals surface area contributed by atoms with E-state index in [-0.39, 0.29) is 18.4 Å². The fourth-order valence-corrected chi connectivity index (χ4v) is 3.02. The number of hydrogen-bond donors (Lipinski definition) is 2. The normalized spacial score (nSPS) is 11.6. The standard InChI is InChI=1S/C23H31N3O4/c1-5-26(16-22(27)25-19-8-12-21(30-4)13-9-19)17(2)23(28)24-15-14-18-6-10-20(29-3)11-7-18/h6-13,17H,5,14-16H2,1-4H3,(H,24,28)(H,25,27). The topological polar surface area (TPSA) is 79.9 Å². The predicted molar refractivity (Wildman–Crippen MR) is 118 cm³/mol. The summed E-state index contributed by atoms with van der Waals surface area (Å²) in [5.74, 6) is 1.27. The van der Waals surface area contributed by atoms with Crippen LogP contribution in [0, 0.1) is 0 Å². The summed E-state index contributed by atoms with van der Waals surface area (Å²) < 4.78 is 10.3. The monoisotopic (exact) mass is 413 g/mol. The van der Waals surface area contributed by atoms with Crippen LogP contribution in [0.15, 0.2) is 48.5 Å². The number of anilines is 1. The van der Waals surface area contributed by atoms with E-state index in [4.69, 9.17) is 9.47 Å². The van der Waals surface area contributed by atoms with Gasteiger partial charge in [-0.15, -0.1) is 0 Å². The molecular weight excluding hydrogens is 382 g/mol. The van der Waals surface area contributed by atoms with E-state index in [0.29, 0.717) is 18.8 Å². The number of methoxy groups -OCH3 is 2. The van der Waals surface area contributed by atoms with Gasteiger partial charge in [-0.25, -0.2) is 0 Å². The van der Waals surface area contributed by atoms with Gasteiger partial charge in [0, 0.05) is 12.2 Å². The SMILES string of the molecule is CCN(CC(=O)Nc1ccc(OC)cc1)C(C)C(=O)NCCc1ccc(OC)cc1. The Morgan fingerprint density at radius 2 is 1.53 bits per heavy atom. The summed E-state index contributed by atoms with van der Waals surface area (Å²) >= 11 is 0. The van der Waals surface area contributed by atoms with Gasteiger partial charge < -0.3 is 20.1 Å². The minimum Gasteiger partial charge on any atom is -0.497 e. The number of hydrogen-bond acceptors (Lipinski definition) is 5. The summed E-state index contributed by atoms with van der Waals surface area (Å²) in [5, 5.41) is 5.80. The molecule has 0 fully saturated rings. The summed E-state index contributed by atoms with van der Waals surface area (Å²) in [6, 6.07) is 14.5. The zero-order chi connectivity index (χ0) is 21.9. The van der Waals surface area contributed by atoms with Crippen molar-refractivity contribution in [2.75, 3.05) is 39.2 Å². The Kier molecular flexibility index (Phi) is 9.15. The molecule has 162 valence electrons. The molecule has 0 bridgehead atoms. The molecular formula is C23H31N3O4. The van der Waals surface area contributed by atoms with Crippen molar-refractivity contribution >= 4 is 17.5 Å². The van der Waals surface area contributed by atoms with Gasteiger partial charge in [-0.2, -0.15) is 0 Å². The number of carbonyl (C=O) groups excluding carboxylic acids is 2. The maximum absolute atomic E-state index is 12.5. The largest absolute Gasteiger partial charge is 0.497 e. The van der Waals surface area contributed by atoms with Crippen LogP contribution < -0.4 is 20.1 Å². The van der Waals surface area contributed by atoms with Gasteiger partial charge >= 0.3 is 0 Å². The Bertz CT molecular complexity index is 806. The van der Waals surface area contributed by atoms with E-state index >= 15 is 0 Å². The smallest absolute Gasteiger partial charge is 0.238 e. The summed E-state index contributed by atoms with van der Waals surface area (Å²) in [6.45, 7) is 5.00. The molecule has 0 saturated heterocycles. The molecule has 0 aliphatic carbocycles. The van der Waals surface area contributed by atoms with Crippen molar-refractivity contribution in [2.24, 2.45) is 0 Å². The van der Waals surface area contributed by atoms with Gasteiger partial charge in [0.1, 0.15) is 11.5 Å². The average Bonchev–Trinajstić information content (AvgIpc) is 2.77. The molecule has 2 aromatic carbocycles. The molecule has 30 heavy (non-hydrogen) atoms. The van der Waals surface area contributed by atoms with Crippen LogP contribution in [0.1, 0.15) is 19.4 Å². The van der Waals surface area contributed by atoms with Crippen molar-refractivity contribution in [1.82, 2.24) is 10.2 Å². The molecule has 1 atom stereocenters. The third-order valence-electron chi connectivity index (χ3n) is 4.93. The first-order valence-corrected chi connectivity index (χ1v) is 10.1. The minimum absolute atomic E-state index is 0.0948. The lowest BCUT2D eigenvalue weighted by molar-refractivity contribution is -0.127. The Balaban J connectivity index is 1.80. The molecule has 7 heteroatoms. The highest BCUT2D eigenvalue weighted by atomic mass is 16.5.